The fourth-order valence-electron chi connectivity index (χ4n) is 9.25. The third kappa shape index (κ3) is 14.5. The number of carboxylic acid groups (broad SMARTS) is 4. The number of hydrogen-bond acceptors (Lipinski definition) is 15. The van der Waals surface area contributed by atoms with Gasteiger partial charge in [-0.1, -0.05) is 35.3 Å². The summed E-state index contributed by atoms with van der Waals surface area (Å²) in [5.41, 5.74) is 3.08. The van der Waals surface area contributed by atoms with Crippen molar-refractivity contribution < 1.29 is 68.2 Å². The van der Waals surface area contributed by atoms with Gasteiger partial charge in [0.25, 0.3) is 5.91 Å². The number of nitrogens with one attached hydrogen (secondary N) is 2. The molecule has 75 heavy (non-hydrogen) atoms. The van der Waals surface area contributed by atoms with Crippen LogP contribution in [0, 0.1) is 0 Å². The van der Waals surface area contributed by atoms with Gasteiger partial charge in [0.15, 0.2) is 5.69 Å². The molecule has 2 saturated heterocycles. The number of carbonyl (C=O) groups excluding carboxylic acids is 3. The molecule has 3 aliphatic rings. The lowest BCUT2D eigenvalue weighted by Gasteiger charge is -2.41. The van der Waals surface area contributed by atoms with Crippen LogP contribution >= 0.6 is 23.2 Å². The summed E-state index contributed by atoms with van der Waals surface area (Å²) in [4.78, 5) is 97.2. The molecule has 0 unspecified atom stereocenters. The van der Waals surface area contributed by atoms with Gasteiger partial charge in [-0.2, -0.15) is 5.10 Å². The molecule has 0 saturated carbocycles. The number of methoxy groups -OCH3 is 1. The zero-order valence-electron chi connectivity index (χ0n) is 41.6. The van der Waals surface area contributed by atoms with Crippen molar-refractivity contribution in [2.24, 2.45) is 0 Å². The summed E-state index contributed by atoms with van der Waals surface area (Å²) < 4.78 is 19.5. The minimum atomic E-state index is -1.67. The van der Waals surface area contributed by atoms with Gasteiger partial charge in [0.05, 0.1) is 69.8 Å². The predicted molar refractivity (Wildman–Crippen MR) is 273 cm³/mol. The largest absolute Gasteiger partial charge is 0.496 e. The van der Waals surface area contributed by atoms with E-state index in [-0.39, 0.29) is 102 Å². The highest BCUT2D eigenvalue weighted by atomic mass is 35.5. The number of carbonyl (C=O) groups is 7. The molecular weight excluding hydrogens is 1020 g/mol. The first-order valence-corrected chi connectivity index (χ1v) is 24.7. The highest BCUT2D eigenvalue weighted by Crippen LogP contribution is 2.47. The first-order chi connectivity index (χ1) is 35.7. The van der Waals surface area contributed by atoms with Crippen molar-refractivity contribution in [2.45, 2.75) is 38.5 Å². The molecule has 0 radical (unpaired) electrons. The summed E-state index contributed by atoms with van der Waals surface area (Å²) in [7, 11) is 1.49. The fraction of sp³-hybridized carbons (Fsp3) is 0.440. The van der Waals surface area contributed by atoms with Crippen LogP contribution in [0.2, 0.25) is 10.0 Å². The van der Waals surface area contributed by atoms with Crippen LogP contribution in [-0.2, 0) is 40.1 Å². The number of carboxylic acids is 4. The van der Waals surface area contributed by atoms with Gasteiger partial charge in [0.1, 0.15) is 24.1 Å². The molecule has 2 fully saturated rings. The average molecular weight is 1080 g/mol. The van der Waals surface area contributed by atoms with E-state index in [4.69, 9.17) is 42.5 Å². The minimum Gasteiger partial charge on any atom is -0.496 e. The van der Waals surface area contributed by atoms with E-state index in [0.29, 0.717) is 74.9 Å². The third-order valence-corrected chi connectivity index (χ3v) is 13.4. The van der Waals surface area contributed by atoms with Gasteiger partial charge in [-0.25, -0.2) is 9.48 Å². The average Bonchev–Trinajstić information content (AvgIpc) is 3.73. The molecule has 7 rings (SSSR count). The fourth-order valence-corrected chi connectivity index (χ4v) is 9.76. The van der Waals surface area contributed by atoms with Crippen molar-refractivity contribution in [1.29, 1.82) is 0 Å². The van der Waals surface area contributed by atoms with E-state index in [1.807, 2.05) is 19.9 Å². The maximum Gasteiger partial charge on any atom is 0.326 e. The molecule has 23 nitrogen and oxygen atoms in total. The first kappa shape index (κ1) is 55.9. The number of fused-ring (bicyclic) bond motifs is 3. The second-order valence-electron chi connectivity index (χ2n) is 19.0. The zero-order chi connectivity index (χ0) is 54.1. The molecule has 3 amide bonds. The van der Waals surface area contributed by atoms with Crippen molar-refractivity contribution in [3.63, 3.8) is 0 Å². The number of aromatic nitrogens is 2. The van der Waals surface area contributed by atoms with E-state index >= 15 is 0 Å². The van der Waals surface area contributed by atoms with Crippen molar-refractivity contribution in [3.05, 3.63) is 75.9 Å². The molecule has 0 spiro atoms. The summed E-state index contributed by atoms with van der Waals surface area (Å²) in [6.45, 7) is 4.66. The monoisotopic (exact) mass is 1080 g/mol. The highest BCUT2D eigenvalue weighted by molar-refractivity contribution is 6.34. The van der Waals surface area contributed by atoms with Crippen LogP contribution in [-0.4, -0.2) is 213 Å². The Kier molecular flexibility index (Phi) is 18.4. The summed E-state index contributed by atoms with van der Waals surface area (Å²) in [6, 6.07) is 13.5. The van der Waals surface area contributed by atoms with Gasteiger partial charge >= 0.3 is 23.9 Å². The lowest BCUT2D eigenvalue weighted by Crippen LogP contribution is -2.55. The molecule has 1 aromatic heterocycles. The molecule has 25 heteroatoms. The van der Waals surface area contributed by atoms with Gasteiger partial charge in [-0.05, 0) is 55.8 Å². The van der Waals surface area contributed by atoms with Gasteiger partial charge in [-0.15, -0.1) is 0 Å². The molecular formula is C50H59Cl2N9O14. The predicted octanol–water partition coefficient (Wildman–Crippen LogP) is 3.04. The van der Waals surface area contributed by atoms with Crippen LogP contribution in [0.1, 0.15) is 36.3 Å². The molecule has 1 atom stereocenters. The van der Waals surface area contributed by atoms with Crippen LogP contribution < -0.4 is 20.1 Å². The summed E-state index contributed by atoms with van der Waals surface area (Å²) in [5, 5.41) is 49.5. The third-order valence-electron chi connectivity index (χ3n) is 13.0. The number of ether oxygens (including phenoxy) is 3. The number of nitrogens with zero attached hydrogens (tertiary/aromatic N) is 7. The molecule has 3 aromatic carbocycles. The van der Waals surface area contributed by atoms with Crippen LogP contribution in [0.5, 0.6) is 11.5 Å². The smallest absolute Gasteiger partial charge is 0.326 e. The lowest BCUT2D eigenvalue weighted by atomic mass is 9.95. The Hall–Kier alpha value is -6.86. The molecule has 0 bridgehead atoms. The Morgan fingerprint density at radius 1 is 0.733 bits per heavy atom. The molecule has 6 N–H and O–H groups in total. The number of rotatable bonds is 17. The topological polar surface area (TPSA) is 286 Å². The minimum absolute atomic E-state index is 0.00107. The van der Waals surface area contributed by atoms with Gasteiger partial charge in [0, 0.05) is 97.4 Å². The second-order valence-corrected chi connectivity index (χ2v) is 19.8. The van der Waals surface area contributed by atoms with E-state index in [1.165, 1.54) is 7.11 Å². The number of aliphatic carboxylic acids is 4. The van der Waals surface area contributed by atoms with Crippen molar-refractivity contribution in [1.82, 2.24) is 39.6 Å². The van der Waals surface area contributed by atoms with Crippen molar-refractivity contribution in [3.8, 4) is 39.6 Å². The quantitative estimate of drug-likeness (QED) is 0.0886. The van der Waals surface area contributed by atoms with Gasteiger partial charge in [-0.3, -0.25) is 48.4 Å². The zero-order valence-corrected chi connectivity index (χ0v) is 43.1. The van der Waals surface area contributed by atoms with Crippen molar-refractivity contribution in [2.75, 3.05) is 111 Å². The van der Waals surface area contributed by atoms with Crippen LogP contribution in [0.3, 0.4) is 0 Å². The van der Waals surface area contributed by atoms with E-state index in [9.17, 15) is 54.0 Å². The number of halogens is 2. The van der Waals surface area contributed by atoms with Gasteiger partial charge < -0.3 is 50.2 Å². The molecule has 3 aliphatic heterocycles. The number of benzene rings is 3. The Labute approximate surface area is 441 Å². The molecule has 0 aliphatic carbocycles. The molecule has 402 valence electrons. The second kappa shape index (κ2) is 24.7. The van der Waals surface area contributed by atoms with Crippen LogP contribution in [0.4, 0.5) is 5.69 Å². The normalized spacial score (nSPS) is 17.2. The van der Waals surface area contributed by atoms with Crippen LogP contribution in [0.25, 0.3) is 28.1 Å². The Balaban J connectivity index is 1.09. The number of amides is 3. The lowest BCUT2D eigenvalue weighted by molar-refractivity contribution is -0.143. The number of morpholine rings is 1. The Morgan fingerprint density at radius 3 is 1.84 bits per heavy atom. The summed E-state index contributed by atoms with van der Waals surface area (Å²) in [5.74, 6) is -5.77. The highest BCUT2D eigenvalue weighted by Gasteiger charge is 2.39. The number of hydrogen-bond donors (Lipinski definition) is 6. The van der Waals surface area contributed by atoms with E-state index < -0.39 is 53.7 Å². The Morgan fingerprint density at radius 2 is 1.31 bits per heavy atom. The maximum absolute atomic E-state index is 14.4. The van der Waals surface area contributed by atoms with Gasteiger partial charge in [0.2, 0.25) is 11.8 Å². The molecule has 4 heterocycles. The first-order valence-electron chi connectivity index (χ1n) is 24.0. The molecule has 4 aromatic rings. The summed E-state index contributed by atoms with van der Waals surface area (Å²) >= 11 is 13.0. The summed E-state index contributed by atoms with van der Waals surface area (Å²) in [6.07, 6.45) is -0.667. The number of anilines is 1. The Bertz CT molecular complexity index is 2780. The van der Waals surface area contributed by atoms with E-state index in [1.54, 1.807) is 77.7 Å². The SMILES string of the molecule is COc1cc2c(cc1-c1cccc(NC(=O)C[C@@H](NC(=O)CN3CCN(CC(=O)O)CCN(CC(=O)O)CCN(CC(=O)O)CC3)C(=O)O)c1)-c1c(c(C(=O)N3CCOCC3(C)C)nn1-c1cc(Cl)cc(Cl)c1)CO2. The maximum atomic E-state index is 14.4. The van der Waals surface area contributed by atoms with Crippen molar-refractivity contribution >= 4 is 70.5 Å². The standard InChI is InChI=1S/C50H59Cl2N9O14/c1-50(2)29-74-16-15-60(50)48(70)46-37-28-75-40-23-39(73-3)35(21-36(40)47(37)61(55-46)34-19-31(51)18-32(52)20-34)30-5-4-6-33(17-30)53-41(62)22-38(49(71)72)54-42(63)24-56-7-9-57(25-43(64)65)11-13-59(27-45(68)69)14-12-58(10-8-56)26-44(66)67/h4-6,17-21,23,38H,7-16,22,24-29H2,1-3H3,(H,53,62)(H,54,63)(H,64,65)(H,66,67)(H,68,69)(H,71,72)/t38-/m1/s1. The van der Waals surface area contributed by atoms with Crippen LogP contribution in [0.15, 0.2) is 54.6 Å². The van der Waals surface area contributed by atoms with E-state index in [0.717, 1.165) is 0 Å². The van der Waals surface area contributed by atoms with E-state index in [2.05, 4.69) is 10.6 Å².